The molecule has 2 aromatic rings. The van der Waals surface area contributed by atoms with E-state index in [0.717, 1.165) is 12.1 Å². The van der Waals surface area contributed by atoms with Crippen molar-refractivity contribution in [3.8, 4) is 0 Å². The summed E-state index contributed by atoms with van der Waals surface area (Å²) in [7, 11) is 1.62. The summed E-state index contributed by atoms with van der Waals surface area (Å²) in [5.41, 5.74) is -1.13. The molecule has 122 valence electrons. The van der Waals surface area contributed by atoms with Crippen molar-refractivity contribution in [2.24, 2.45) is 7.05 Å². The molecule has 2 rings (SSSR count). The Balaban J connectivity index is 1.99. The number of carbonyl (C=O) groups excluding carboxylic acids is 2. The van der Waals surface area contributed by atoms with Crippen molar-refractivity contribution in [3.63, 3.8) is 0 Å². The molecule has 1 heterocycles. The molecule has 0 atom stereocenters. The predicted octanol–water partition coefficient (Wildman–Crippen LogP) is 2.84. The summed E-state index contributed by atoms with van der Waals surface area (Å²) in [5.74, 6) is -1.60. The maximum atomic E-state index is 12.8. The number of benzene rings is 1. The van der Waals surface area contributed by atoms with Gasteiger partial charge in [-0.25, -0.2) is 4.79 Å². The average Bonchev–Trinajstić information content (AvgIpc) is 2.90. The van der Waals surface area contributed by atoms with Crippen LogP contribution in [0.15, 0.2) is 42.6 Å². The number of anilines is 1. The van der Waals surface area contributed by atoms with Gasteiger partial charge >= 0.3 is 12.1 Å². The molecule has 0 saturated carbocycles. The van der Waals surface area contributed by atoms with Crippen molar-refractivity contribution in [1.82, 2.24) is 4.57 Å². The van der Waals surface area contributed by atoms with Gasteiger partial charge < -0.3 is 14.6 Å². The van der Waals surface area contributed by atoms with Gasteiger partial charge in [-0.3, -0.25) is 4.79 Å². The van der Waals surface area contributed by atoms with Gasteiger partial charge in [0.1, 0.15) is 5.69 Å². The van der Waals surface area contributed by atoms with Gasteiger partial charge in [0.25, 0.3) is 5.91 Å². The molecule has 23 heavy (non-hydrogen) atoms. The fraction of sp³-hybridized carbons (Fsp3) is 0.200. The Kier molecular flexibility index (Phi) is 4.73. The molecular weight excluding hydrogens is 313 g/mol. The van der Waals surface area contributed by atoms with E-state index in [-0.39, 0.29) is 11.4 Å². The first-order valence-corrected chi connectivity index (χ1v) is 6.53. The first kappa shape index (κ1) is 16.6. The van der Waals surface area contributed by atoms with E-state index in [9.17, 15) is 22.8 Å². The lowest BCUT2D eigenvalue weighted by atomic mass is 10.1. The van der Waals surface area contributed by atoms with Crippen molar-refractivity contribution in [1.29, 1.82) is 0 Å². The highest BCUT2D eigenvalue weighted by Gasteiger charge is 2.33. The van der Waals surface area contributed by atoms with Gasteiger partial charge in [-0.2, -0.15) is 13.2 Å². The summed E-state index contributed by atoms with van der Waals surface area (Å²) < 4.78 is 44.7. The fourth-order valence-electron chi connectivity index (χ4n) is 1.90. The maximum absolute atomic E-state index is 12.8. The van der Waals surface area contributed by atoms with Gasteiger partial charge in [-0.15, -0.1) is 0 Å². The molecule has 0 aliphatic heterocycles. The van der Waals surface area contributed by atoms with Gasteiger partial charge in [0.2, 0.25) is 0 Å². The second kappa shape index (κ2) is 6.55. The first-order chi connectivity index (χ1) is 10.8. The number of hydrogen-bond donors (Lipinski definition) is 1. The number of para-hydroxylation sites is 1. The minimum Gasteiger partial charge on any atom is -0.451 e. The number of aromatic nitrogens is 1. The lowest BCUT2D eigenvalue weighted by molar-refractivity contribution is -0.137. The van der Waals surface area contributed by atoms with E-state index >= 15 is 0 Å². The molecule has 0 aliphatic rings. The molecule has 8 heteroatoms. The van der Waals surface area contributed by atoms with E-state index in [1.807, 2.05) is 0 Å². The zero-order valence-corrected chi connectivity index (χ0v) is 12.1. The Morgan fingerprint density at radius 1 is 1.17 bits per heavy atom. The van der Waals surface area contributed by atoms with E-state index in [4.69, 9.17) is 4.74 Å². The molecule has 1 aromatic carbocycles. The van der Waals surface area contributed by atoms with Crippen LogP contribution in [0.2, 0.25) is 0 Å². The summed E-state index contributed by atoms with van der Waals surface area (Å²) in [6.07, 6.45) is -2.97. The van der Waals surface area contributed by atoms with Crippen LogP contribution in [-0.4, -0.2) is 23.1 Å². The minimum absolute atomic E-state index is 0.230. The maximum Gasteiger partial charge on any atom is 0.418 e. The zero-order chi connectivity index (χ0) is 17.0. The second-order valence-electron chi connectivity index (χ2n) is 4.67. The summed E-state index contributed by atoms with van der Waals surface area (Å²) in [6.45, 7) is -0.684. The van der Waals surface area contributed by atoms with Gasteiger partial charge in [0.05, 0.1) is 11.3 Å². The average molecular weight is 326 g/mol. The molecule has 0 aliphatic carbocycles. The highest BCUT2D eigenvalue weighted by atomic mass is 19.4. The van der Waals surface area contributed by atoms with Gasteiger partial charge in [-0.05, 0) is 24.3 Å². The largest absolute Gasteiger partial charge is 0.451 e. The summed E-state index contributed by atoms with van der Waals surface area (Å²) >= 11 is 0. The standard InChI is InChI=1S/C15H13F3N2O3/c1-20-8-4-7-12(20)14(22)23-9-13(21)19-11-6-3-2-5-10(11)15(16,17)18/h2-8H,9H2,1H3,(H,19,21). The summed E-state index contributed by atoms with van der Waals surface area (Å²) in [6, 6.07) is 7.68. The third-order valence-corrected chi connectivity index (χ3v) is 2.99. The van der Waals surface area contributed by atoms with Crippen LogP contribution in [0.4, 0.5) is 18.9 Å². The van der Waals surface area contributed by atoms with Gasteiger partial charge in [0, 0.05) is 13.2 Å². The van der Waals surface area contributed by atoms with Crippen LogP contribution in [0.25, 0.3) is 0 Å². The summed E-state index contributed by atoms with van der Waals surface area (Å²) in [4.78, 5) is 23.4. The number of ether oxygens (including phenoxy) is 1. The second-order valence-corrected chi connectivity index (χ2v) is 4.67. The molecule has 0 fully saturated rings. The van der Waals surface area contributed by atoms with Gasteiger partial charge in [-0.1, -0.05) is 12.1 Å². The molecule has 1 aromatic heterocycles. The molecule has 5 nitrogen and oxygen atoms in total. The van der Waals surface area contributed by atoms with Crippen LogP contribution in [0.1, 0.15) is 16.1 Å². The van der Waals surface area contributed by atoms with E-state index in [2.05, 4.69) is 5.32 Å². The minimum atomic E-state index is -4.59. The molecule has 0 bridgehead atoms. The normalized spacial score (nSPS) is 11.1. The van der Waals surface area contributed by atoms with E-state index in [1.165, 1.54) is 22.8 Å². The lowest BCUT2D eigenvalue weighted by Crippen LogP contribution is -2.23. The Labute approximate surface area is 129 Å². The van der Waals surface area contributed by atoms with E-state index in [0.29, 0.717) is 0 Å². The van der Waals surface area contributed by atoms with E-state index in [1.54, 1.807) is 19.3 Å². The Bertz CT molecular complexity index is 723. The number of rotatable bonds is 4. The van der Waals surface area contributed by atoms with Gasteiger partial charge in [0.15, 0.2) is 6.61 Å². The van der Waals surface area contributed by atoms with Crippen LogP contribution in [0, 0.1) is 0 Å². The van der Waals surface area contributed by atoms with Crippen LogP contribution in [0.3, 0.4) is 0 Å². The molecular formula is C15H13F3N2O3. The van der Waals surface area contributed by atoms with Crippen molar-refractivity contribution in [2.75, 3.05) is 11.9 Å². The number of alkyl halides is 3. The molecule has 0 spiro atoms. The number of halogens is 3. The van der Waals surface area contributed by atoms with Crippen molar-refractivity contribution < 1.29 is 27.5 Å². The Hall–Kier alpha value is -2.77. The number of carbonyl (C=O) groups is 2. The SMILES string of the molecule is Cn1cccc1C(=O)OCC(=O)Nc1ccccc1C(F)(F)F. The third kappa shape index (κ3) is 4.12. The Morgan fingerprint density at radius 3 is 2.48 bits per heavy atom. The molecule has 1 amide bonds. The Morgan fingerprint density at radius 2 is 1.87 bits per heavy atom. The number of aryl methyl sites for hydroxylation is 1. The number of nitrogens with zero attached hydrogens (tertiary/aromatic N) is 1. The first-order valence-electron chi connectivity index (χ1n) is 6.53. The van der Waals surface area contributed by atoms with Crippen molar-refractivity contribution in [2.45, 2.75) is 6.18 Å². The number of hydrogen-bond acceptors (Lipinski definition) is 3. The molecule has 0 radical (unpaired) electrons. The van der Waals surface area contributed by atoms with Crippen molar-refractivity contribution in [3.05, 3.63) is 53.9 Å². The monoisotopic (exact) mass is 326 g/mol. The molecule has 0 saturated heterocycles. The highest BCUT2D eigenvalue weighted by molar-refractivity contribution is 5.95. The molecule has 1 N–H and O–H groups in total. The van der Waals surface area contributed by atoms with Crippen LogP contribution < -0.4 is 5.32 Å². The molecule has 0 unspecified atom stereocenters. The highest BCUT2D eigenvalue weighted by Crippen LogP contribution is 2.34. The smallest absolute Gasteiger partial charge is 0.418 e. The summed E-state index contributed by atoms with van der Waals surface area (Å²) in [5, 5.41) is 2.09. The number of amides is 1. The van der Waals surface area contributed by atoms with Crippen LogP contribution >= 0.6 is 0 Å². The van der Waals surface area contributed by atoms with Crippen LogP contribution in [0.5, 0.6) is 0 Å². The fourth-order valence-corrected chi connectivity index (χ4v) is 1.90. The van der Waals surface area contributed by atoms with E-state index < -0.39 is 30.2 Å². The number of nitrogens with one attached hydrogen (secondary N) is 1. The predicted molar refractivity (Wildman–Crippen MR) is 75.8 cm³/mol. The topological polar surface area (TPSA) is 60.3 Å². The zero-order valence-electron chi connectivity index (χ0n) is 12.1. The third-order valence-electron chi connectivity index (χ3n) is 2.99. The number of esters is 1. The van der Waals surface area contributed by atoms with Crippen LogP contribution in [-0.2, 0) is 22.8 Å². The lowest BCUT2D eigenvalue weighted by Gasteiger charge is -2.13. The van der Waals surface area contributed by atoms with Crippen molar-refractivity contribution >= 4 is 17.6 Å². The quantitative estimate of drug-likeness (QED) is 0.879.